The van der Waals surface area contributed by atoms with Crippen molar-refractivity contribution in [3.05, 3.63) is 59.7 Å². The molecule has 0 aliphatic rings. The summed E-state index contributed by atoms with van der Waals surface area (Å²) < 4.78 is 0. The van der Waals surface area contributed by atoms with E-state index in [9.17, 15) is 14.4 Å². The molecule has 108 valence electrons. The van der Waals surface area contributed by atoms with E-state index in [2.05, 4.69) is 9.97 Å². The van der Waals surface area contributed by atoms with Crippen LogP contribution in [0.3, 0.4) is 0 Å². The summed E-state index contributed by atoms with van der Waals surface area (Å²) in [6, 6.07) is 5.46. The van der Waals surface area contributed by atoms with Crippen LogP contribution in [0.1, 0.15) is 31.2 Å². The lowest BCUT2D eigenvalue weighted by Crippen LogP contribution is -2.09. The van der Waals surface area contributed by atoms with Gasteiger partial charge in [0.25, 0.3) is 0 Å². The van der Waals surface area contributed by atoms with Gasteiger partial charge in [0.2, 0.25) is 0 Å². The van der Waals surface area contributed by atoms with Crippen LogP contribution in [0.15, 0.2) is 42.9 Å². The third-order valence-electron chi connectivity index (χ3n) is 2.17. The van der Waals surface area contributed by atoms with Crippen molar-refractivity contribution < 1.29 is 29.7 Å². The van der Waals surface area contributed by atoms with Crippen molar-refractivity contribution in [2.45, 2.75) is 0 Å². The molecular weight excluding hydrogens is 280 g/mol. The molecule has 0 unspecified atom stereocenters. The molecule has 0 aliphatic heterocycles. The minimum Gasteiger partial charge on any atom is -0.478 e. The van der Waals surface area contributed by atoms with Gasteiger partial charge in [-0.15, -0.1) is 0 Å². The molecular formula is C13H10N2O6. The van der Waals surface area contributed by atoms with Gasteiger partial charge in [-0.25, -0.2) is 19.4 Å². The molecule has 8 heteroatoms. The Morgan fingerprint density at radius 1 is 0.810 bits per heavy atom. The van der Waals surface area contributed by atoms with Gasteiger partial charge in [-0.1, -0.05) is 0 Å². The van der Waals surface area contributed by atoms with Gasteiger partial charge in [0.15, 0.2) is 5.69 Å². The minimum atomic E-state index is -1.34. The first-order chi connectivity index (χ1) is 9.93. The number of carbonyl (C=O) groups is 3. The van der Waals surface area contributed by atoms with Crippen molar-refractivity contribution in [3.8, 4) is 0 Å². The number of hydrogen-bond acceptors (Lipinski definition) is 5. The van der Waals surface area contributed by atoms with E-state index in [1.807, 2.05) is 0 Å². The molecule has 0 atom stereocenters. The van der Waals surface area contributed by atoms with Crippen LogP contribution < -0.4 is 0 Å². The lowest BCUT2D eigenvalue weighted by Gasteiger charge is -1.97. The quantitative estimate of drug-likeness (QED) is 0.767. The van der Waals surface area contributed by atoms with Crippen molar-refractivity contribution in [1.82, 2.24) is 9.97 Å². The average molecular weight is 290 g/mol. The highest BCUT2D eigenvalue weighted by atomic mass is 16.4. The second-order valence-electron chi connectivity index (χ2n) is 3.55. The van der Waals surface area contributed by atoms with Crippen LogP contribution in [0.5, 0.6) is 0 Å². The van der Waals surface area contributed by atoms with Crippen LogP contribution in [-0.2, 0) is 0 Å². The normalized spacial score (nSPS) is 9.14. The van der Waals surface area contributed by atoms with E-state index in [0.29, 0.717) is 0 Å². The minimum absolute atomic E-state index is 0.269. The third kappa shape index (κ3) is 4.71. The largest absolute Gasteiger partial charge is 0.478 e. The fourth-order valence-electron chi connectivity index (χ4n) is 1.24. The summed E-state index contributed by atoms with van der Waals surface area (Å²) in [5, 5.41) is 25.4. The van der Waals surface area contributed by atoms with Crippen LogP contribution in [0, 0.1) is 0 Å². The number of hydrogen-bond donors (Lipinski definition) is 3. The van der Waals surface area contributed by atoms with Gasteiger partial charge in [0.1, 0.15) is 0 Å². The highest BCUT2D eigenvalue weighted by Gasteiger charge is 2.15. The molecule has 2 rings (SSSR count). The zero-order valence-corrected chi connectivity index (χ0v) is 10.5. The van der Waals surface area contributed by atoms with Gasteiger partial charge in [0, 0.05) is 18.6 Å². The Hall–Kier alpha value is -3.29. The smallest absolute Gasteiger partial charge is 0.355 e. The third-order valence-corrected chi connectivity index (χ3v) is 2.17. The summed E-state index contributed by atoms with van der Waals surface area (Å²) in [5.74, 6) is -3.55. The average Bonchev–Trinajstić information content (AvgIpc) is 2.48. The van der Waals surface area contributed by atoms with Crippen molar-refractivity contribution in [2.75, 3.05) is 0 Å². The highest BCUT2D eigenvalue weighted by Crippen LogP contribution is 2.04. The molecule has 0 aliphatic carbocycles. The number of aromatic carboxylic acids is 3. The maximum absolute atomic E-state index is 10.4. The van der Waals surface area contributed by atoms with Crippen molar-refractivity contribution >= 4 is 17.9 Å². The molecule has 0 radical (unpaired) electrons. The number of aromatic nitrogens is 2. The summed E-state index contributed by atoms with van der Waals surface area (Å²) in [6.07, 6.45) is 4.13. The van der Waals surface area contributed by atoms with Gasteiger partial charge < -0.3 is 15.3 Å². The first-order valence-corrected chi connectivity index (χ1v) is 5.48. The number of carboxylic acids is 3. The Bertz CT molecular complexity index is 624. The first kappa shape index (κ1) is 15.8. The highest BCUT2D eigenvalue weighted by molar-refractivity contribution is 6.00. The predicted molar refractivity (Wildman–Crippen MR) is 69.4 cm³/mol. The molecule has 0 aromatic carbocycles. The molecule has 0 saturated heterocycles. The molecule has 21 heavy (non-hydrogen) atoms. The fraction of sp³-hybridized carbons (Fsp3) is 0. The second kappa shape index (κ2) is 7.34. The molecule has 0 fully saturated rings. The summed E-state index contributed by atoms with van der Waals surface area (Å²) >= 11 is 0. The molecule has 3 N–H and O–H groups in total. The van der Waals surface area contributed by atoms with Gasteiger partial charge in [-0.3, -0.25) is 4.98 Å². The lowest BCUT2D eigenvalue weighted by atomic mass is 10.2. The van der Waals surface area contributed by atoms with Gasteiger partial charge in [0.05, 0.1) is 11.1 Å². The molecule has 0 saturated carbocycles. The monoisotopic (exact) mass is 290 g/mol. The molecule has 8 nitrogen and oxygen atoms in total. The summed E-state index contributed by atoms with van der Waals surface area (Å²) in [5.41, 5.74) is -0.472. The van der Waals surface area contributed by atoms with Crippen molar-refractivity contribution in [3.63, 3.8) is 0 Å². The van der Waals surface area contributed by atoms with Crippen LogP contribution in [0.4, 0.5) is 0 Å². The zero-order chi connectivity index (χ0) is 15.8. The lowest BCUT2D eigenvalue weighted by molar-refractivity contribution is 0.0646. The number of rotatable bonds is 3. The number of nitrogens with zero attached hydrogens (tertiary/aromatic N) is 2. The van der Waals surface area contributed by atoms with E-state index in [1.165, 1.54) is 42.9 Å². The Morgan fingerprint density at radius 2 is 1.43 bits per heavy atom. The topological polar surface area (TPSA) is 138 Å². The summed E-state index contributed by atoms with van der Waals surface area (Å²) in [6.45, 7) is 0. The van der Waals surface area contributed by atoms with Crippen molar-refractivity contribution in [1.29, 1.82) is 0 Å². The van der Waals surface area contributed by atoms with Crippen LogP contribution in [0.2, 0.25) is 0 Å². The molecule has 0 bridgehead atoms. The predicted octanol–water partition coefficient (Wildman–Crippen LogP) is 1.26. The van der Waals surface area contributed by atoms with E-state index >= 15 is 0 Å². The van der Waals surface area contributed by atoms with Crippen LogP contribution in [0.25, 0.3) is 0 Å². The van der Waals surface area contributed by atoms with E-state index in [1.54, 1.807) is 0 Å². The van der Waals surface area contributed by atoms with Crippen LogP contribution >= 0.6 is 0 Å². The molecule has 2 heterocycles. The Morgan fingerprint density at radius 3 is 1.81 bits per heavy atom. The summed E-state index contributed by atoms with van der Waals surface area (Å²) in [4.78, 5) is 38.1. The zero-order valence-electron chi connectivity index (χ0n) is 10.5. The van der Waals surface area contributed by atoms with E-state index < -0.39 is 23.6 Å². The van der Waals surface area contributed by atoms with Crippen molar-refractivity contribution in [2.24, 2.45) is 0 Å². The molecule has 0 amide bonds. The van der Waals surface area contributed by atoms with Gasteiger partial charge in [-0.05, 0) is 24.3 Å². The number of pyridine rings is 2. The first-order valence-electron chi connectivity index (χ1n) is 5.48. The molecule has 2 aromatic rings. The Labute approximate surface area is 118 Å². The molecule has 0 spiro atoms. The van der Waals surface area contributed by atoms with Gasteiger partial charge >= 0.3 is 17.9 Å². The Balaban J connectivity index is 0.000000219. The Kier molecular flexibility index (Phi) is 5.51. The standard InChI is InChI=1S/C7H5NO4.C6H5NO2/c9-6(10)4-2-1-3-8-5(4)7(11)12;8-6(9)5-1-3-7-4-2-5/h1-3H,(H,9,10)(H,11,12);1-4H,(H,8,9). The SMILES string of the molecule is O=C(O)c1cccnc1C(=O)O.O=C(O)c1ccncc1. The van der Waals surface area contributed by atoms with E-state index in [-0.39, 0.29) is 11.1 Å². The van der Waals surface area contributed by atoms with E-state index in [4.69, 9.17) is 15.3 Å². The van der Waals surface area contributed by atoms with E-state index in [0.717, 1.165) is 0 Å². The maximum Gasteiger partial charge on any atom is 0.355 e. The molecule has 2 aromatic heterocycles. The van der Waals surface area contributed by atoms with Gasteiger partial charge in [-0.2, -0.15) is 0 Å². The van der Waals surface area contributed by atoms with Crippen LogP contribution in [-0.4, -0.2) is 43.2 Å². The fourth-order valence-corrected chi connectivity index (χ4v) is 1.24. The second-order valence-corrected chi connectivity index (χ2v) is 3.55. The number of carboxylic acid groups (broad SMARTS) is 3. The summed E-state index contributed by atoms with van der Waals surface area (Å²) in [7, 11) is 0. The maximum atomic E-state index is 10.4.